The van der Waals surface area contributed by atoms with E-state index < -0.39 is 6.04 Å². The molecule has 4 nitrogen and oxygen atoms in total. The highest BCUT2D eigenvalue weighted by Crippen LogP contribution is 2.34. The number of nitrogens with zero attached hydrogens (tertiary/aromatic N) is 2. The fourth-order valence-electron chi connectivity index (χ4n) is 1.87. The van der Waals surface area contributed by atoms with Crippen molar-refractivity contribution in [1.29, 1.82) is 5.26 Å². The molecule has 1 atom stereocenters. The number of carbonyl (C=O) groups is 1. The number of fused-ring (bicyclic) bond motifs is 1. The van der Waals surface area contributed by atoms with Gasteiger partial charge in [-0.15, -0.1) is 0 Å². The van der Waals surface area contributed by atoms with Gasteiger partial charge >= 0.3 is 0 Å². The van der Waals surface area contributed by atoms with E-state index >= 15 is 0 Å². The molecule has 1 aromatic carbocycles. The number of aliphatic hydroxyl groups is 1. The minimum absolute atomic E-state index is 0.156. The van der Waals surface area contributed by atoms with Crippen molar-refractivity contribution in [2.45, 2.75) is 6.04 Å². The Hall–Kier alpha value is -1.57. The van der Waals surface area contributed by atoms with Gasteiger partial charge in [0.15, 0.2) is 0 Å². The number of β-amino-alcohol motifs (C(OH)–C–C–N with tert-alkyl or cyclic N) is 1. The second kappa shape index (κ2) is 4.12. The topological polar surface area (TPSA) is 64.3 Å². The molecule has 0 saturated carbocycles. The molecule has 1 unspecified atom stereocenters. The van der Waals surface area contributed by atoms with Gasteiger partial charge in [0.25, 0.3) is 5.91 Å². The Morgan fingerprint density at radius 1 is 1.56 bits per heavy atom. The van der Waals surface area contributed by atoms with Gasteiger partial charge in [-0.3, -0.25) is 4.79 Å². The number of hydrogen-bond acceptors (Lipinski definition) is 3. The molecule has 1 aromatic rings. The Morgan fingerprint density at radius 2 is 2.31 bits per heavy atom. The van der Waals surface area contributed by atoms with Crippen LogP contribution in [0.1, 0.15) is 22.0 Å². The number of rotatable bonds is 2. The smallest absolute Gasteiger partial charge is 0.255 e. The molecule has 1 amide bonds. The van der Waals surface area contributed by atoms with Crippen LogP contribution in [0, 0.1) is 11.3 Å². The van der Waals surface area contributed by atoms with Crippen molar-refractivity contribution in [3.63, 3.8) is 0 Å². The minimum Gasteiger partial charge on any atom is -0.395 e. The first-order valence-corrected chi connectivity index (χ1v) is 5.17. The minimum atomic E-state index is -0.645. The molecular formula is C11H9ClN2O2. The van der Waals surface area contributed by atoms with Gasteiger partial charge in [0.05, 0.1) is 12.7 Å². The van der Waals surface area contributed by atoms with E-state index in [9.17, 15) is 4.79 Å². The van der Waals surface area contributed by atoms with E-state index in [2.05, 4.69) is 0 Å². The molecule has 0 aliphatic carbocycles. The number of nitriles is 1. The average molecular weight is 237 g/mol. The Kier molecular flexibility index (Phi) is 2.82. The Balaban J connectivity index is 2.49. The third-order valence-corrected chi connectivity index (χ3v) is 2.81. The highest BCUT2D eigenvalue weighted by atomic mass is 35.5. The quantitative estimate of drug-likeness (QED) is 0.843. The molecule has 0 fully saturated rings. The molecule has 82 valence electrons. The zero-order valence-electron chi connectivity index (χ0n) is 8.35. The van der Waals surface area contributed by atoms with Gasteiger partial charge in [-0.1, -0.05) is 11.6 Å². The molecule has 1 aliphatic rings. The second-order valence-corrected chi connectivity index (χ2v) is 3.92. The zero-order chi connectivity index (χ0) is 11.7. The Labute approximate surface area is 97.7 Å². The van der Waals surface area contributed by atoms with E-state index in [1.165, 1.54) is 4.90 Å². The summed E-state index contributed by atoms with van der Waals surface area (Å²) in [5.74, 6) is -0.229. The van der Waals surface area contributed by atoms with Crippen molar-refractivity contribution in [1.82, 2.24) is 4.90 Å². The van der Waals surface area contributed by atoms with Crippen molar-refractivity contribution < 1.29 is 9.90 Å². The lowest BCUT2D eigenvalue weighted by Gasteiger charge is -2.18. The summed E-state index contributed by atoms with van der Waals surface area (Å²) in [5.41, 5.74) is 1.11. The van der Waals surface area contributed by atoms with E-state index in [-0.39, 0.29) is 19.1 Å². The lowest BCUT2D eigenvalue weighted by Crippen LogP contribution is -2.30. The summed E-state index contributed by atoms with van der Waals surface area (Å²) in [7, 11) is 0. The standard InChI is InChI=1S/C11H9ClN2O2/c12-7-1-2-8-9(5-7)10(6-13)14(3-4-15)11(8)16/h1-2,5,10,15H,3-4H2. The van der Waals surface area contributed by atoms with Crippen LogP contribution in [0.15, 0.2) is 18.2 Å². The molecule has 1 aliphatic heterocycles. The summed E-state index contributed by atoms with van der Waals surface area (Å²) in [5, 5.41) is 18.4. The first-order valence-electron chi connectivity index (χ1n) is 4.80. The summed E-state index contributed by atoms with van der Waals surface area (Å²) in [6, 6.07) is 6.26. The highest BCUT2D eigenvalue weighted by Gasteiger charge is 2.36. The SMILES string of the molecule is N#CC1c2cc(Cl)ccc2C(=O)N1CCO. The molecule has 0 bridgehead atoms. The first kappa shape index (κ1) is 10.9. The van der Waals surface area contributed by atoms with E-state index in [0.717, 1.165) is 0 Å². The summed E-state index contributed by atoms with van der Waals surface area (Å²) < 4.78 is 0. The molecule has 0 radical (unpaired) electrons. The molecule has 0 saturated heterocycles. The molecule has 16 heavy (non-hydrogen) atoms. The molecule has 0 spiro atoms. The van der Waals surface area contributed by atoms with E-state index in [1.807, 2.05) is 6.07 Å². The number of carbonyl (C=O) groups excluding carboxylic acids is 1. The maximum atomic E-state index is 11.9. The molecule has 1 heterocycles. The average Bonchev–Trinajstić information content (AvgIpc) is 2.52. The fraction of sp³-hybridized carbons (Fsp3) is 0.273. The van der Waals surface area contributed by atoms with Crippen molar-refractivity contribution in [3.05, 3.63) is 34.3 Å². The van der Waals surface area contributed by atoms with Crippen LogP contribution in [-0.4, -0.2) is 29.1 Å². The first-order chi connectivity index (χ1) is 7.69. The summed E-state index contributed by atoms with van der Waals surface area (Å²) >= 11 is 5.83. The van der Waals surface area contributed by atoms with Crippen molar-refractivity contribution in [3.8, 4) is 6.07 Å². The van der Waals surface area contributed by atoms with Crippen molar-refractivity contribution in [2.75, 3.05) is 13.2 Å². The van der Waals surface area contributed by atoms with Gasteiger partial charge in [-0.25, -0.2) is 0 Å². The van der Waals surface area contributed by atoms with E-state index in [4.69, 9.17) is 22.0 Å². The molecule has 1 N–H and O–H groups in total. The lowest BCUT2D eigenvalue weighted by molar-refractivity contribution is 0.0721. The van der Waals surface area contributed by atoms with Crippen LogP contribution >= 0.6 is 11.6 Å². The van der Waals surface area contributed by atoms with Crippen LogP contribution in [0.3, 0.4) is 0 Å². The fourth-order valence-corrected chi connectivity index (χ4v) is 2.05. The summed E-state index contributed by atoms with van der Waals surface area (Å²) in [6.07, 6.45) is 0. The number of benzene rings is 1. The molecule has 2 rings (SSSR count). The largest absolute Gasteiger partial charge is 0.395 e. The highest BCUT2D eigenvalue weighted by molar-refractivity contribution is 6.30. The van der Waals surface area contributed by atoms with Gasteiger partial charge in [0, 0.05) is 22.7 Å². The van der Waals surface area contributed by atoms with Gasteiger partial charge < -0.3 is 10.0 Å². The van der Waals surface area contributed by atoms with Gasteiger partial charge in [-0.2, -0.15) is 5.26 Å². The number of amides is 1. The van der Waals surface area contributed by atoms with Crippen LogP contribution < -0.4 is 0 Å². The van der Waals surface area contributed by atoms with Crippen molar-refractivity contribution >= 4 is 17.5 Å². The number of hydrogen-bond donors (Lipinski definition) is 1. The predicted octanol–water partition coefficient (Wildman–Crippen LogP) is 1.35. The maximum Gasteiger partial charge on any atom is 0.255 e. The lowest BCUT2D eigenvalue weighted by atomic mass is 10.1. The molecule has 5 heteroatoms. The monoisotopic (exact) mass is 236 g/mol. The third kappa shape index (κ3) is 1.54. The number of halogens is 1. The Bertz CT molecular complexity index is 481. The summed E-state index contributed by atoms with van der Waals surface area (Å²) in [4.78, 5) is 13.2. The molecular weight excluding hydrogens is 228 g/mol. The van der Waals surface area contributed by atoms with Gasteiger partial charge in [0.1, 0.15) is 6.04 Å². The third-order valence-electron chi connectivity index (χ3n) is 2.57. The van der Waals surface area contributed by atoms with Gasteiger partial charge in [0.2, 0.25) is 0 Å². The van der Waals surface area contributed by atoms with E-state index in [0.29, 0.717) is 16.1 Å². The van der Waals surface area contributed by atoms with Crippen LogP contribution in [0.2, 0.25) is 5.02 Å². The normalized spacial score (nSPS) is 18.4. The second-order valence-electron chi connectivity index (χ2n) is 3.49. The number of aliphatic hydroxyl groups excluding tert-OH is 1. The predicted molar refractivity (Wildman–Crippen MR) is 57.9 cm³/mol. The molecule has 0 aromatic heterocycles. The van der Waals surface area contributed by atoms with Gasteiger partial charge in [-0.05, 0) is 18.2 Å². The maximum absolute atomic E-state index is 11.9. The van der Waals surface area contributed by atoms with Crippen LogP contribution in [0.4, 0.5) is 0 Å². The van der Waals surface area contributed by atoms with Crippen LogP contribution in [-0.2, 0) is 0 Å². The summed E-state index contributed by atoms with van der Waals surface area (Å²) in [6.45, 7) is -0.00496. The zero-order valence-corrected chi connectivity index (χ0v) is 9.11. The van der Waals surface area contributed by atoms with Crippen LogP contribution in [0.5, 0.6) is 0 Å². The Morgan fingerprint density at radius 3 is 2.94 bits per heavy atom. The van der Waals surface area contributed by atoms with Crippen molar-refractivity contribution in [2.24, 2.45) is 0 Å². The van der Waals surface area contributed by atoms with E-state index in [1.54, 1.807) is 18.2 Å². The van der Waals surface area contributed by atoms with Crippen LogP contribution in [0.25, 0.3) is 0 Å².